The first kappa shape index (κ1) is 18.8. The number of aryl methyl sites for hydroxylation is 1. The van der Waals surface area contributed by atoms with Crippen molar-refractivity contribution in [2.75, 3.05) is 25.1 Å². The van der Waals surface area contributed by atoms with Gasteiger partial charge in [0, 0.05) is 25.2 Å². The topological polar surface area (TPSA) is 70.7 Å². The smallest absolute Gasteiger partial charge is 0.315 e. The molecule has 3 rings (SSSR count). The van der Waals surface area contributed by atoms with Gasteiger partial charge in [-0.25, -0.2) is 4.79 Å². The Kier molecular flexibility index (Phi) is 5.96. The first-order valence-electron chi connectivity index (χ1n) is 9.10. The molecule has 2 aromatic carbocycles. The lowest BCUT2D eigenvalue weighted by Gasteiger charge is -2.17. The minimum absolute atomic E-state index is 0.0261. The number of methoxy groups -OCH3 is 1. The largest absolute Gasteiger partial charge is 0.496 e. The van der Waals surface area contributed by atoms with Crippen molar-refractivity contribution in [3.63, 3.8) is 0 Å². The van der Waals surface area contributed by atoms with E-state index in [4.69, 9.17) is 4.74 Å². The number of hydrogen-bond donors (Lipinski definition) is 2. The van der Waals surface area contributed by atoms with Crippen LogP contribution in [0.15, 0.2) is 48.5 Å². The van der Waals surface area contributed by atoms with Gasteiger partial charge in [0.2, 0.25) is 5.91 Å². The maximum atomic E-state index is 12.3. The highest BCUT2D eigenvalue weighted by atomic mass is 16.5. The van der Waals surface area contributed by atoms with E-state index >= 15 is 0 Å². The van der Waals surface area contributed by atoms with Gasteiger partial charge in [-0.3, -0.25) is 4.79 Å². The predicted octanol–water partition coefficient (Wildman–Crippen LogP) is 2.65. The van der Waals surface area contributed by atoms with Crippen LogP contribution in [0.5, 0.6) is 5.75 Å². The van der Waals surface area contributed by atoms with E-state index in [1.54, 1.807) is 12.0 Å². The molecule has 1 saturated heterocycles. The second-order valence-electron chi connectivity index (χ2n) is 6.70. The van der Waals surface area contributed by atoms with Crippen molar-refractivity contribution in [3.8, 4) is 5.75 Å². The summed E-state index contributed by atoms with van der Waals surface area (Å²) < 4.78 is 5.31. The summed E-state index contributed by atoms with van der Waals surface area (Å²) in [6, 6.07) is 15.1. The lowest BCUT2D eigenvalue weighted by atomic mass is 10.1. The van der Waals surface area contributed by atoms with Crippen LogP contribution in [0, 0.1) is 6.92 Å². The molecule has 1 atom stereocenters. The molecule has 1 heterocycles. The fourth-order valence-electron chi connectivity index (χ4n) is 3.24. The predicted molar refractivity (Wildman–Crippen MR) is 105 cm³/mol. The number of para-hydroxylation sites is 1. The fraction of sp³-hybridized carbons (Fsp3) is 0.333. The van der Waals surface area contributed by atoms with E-state index < -0.39 is 0 Å². The van der Waals surface area contributed by atoms with E-state index in [2.05, 4.69) is 10.6 Å². The molecule has 2 aromatic rings. The zero-order chi connectivity index (χ0) is 19.2. The Labute approximate surface area is 159 Å². The molecule has 0 unspecified atom stereocenters. The molecular formula is C21H25N3O3. The van der Waals surface area contributed by atoms with Crippen molar-refractivity contribution in [2.24, 2.45) is 0 Å². The lowest BCUT2D eigenvalue weighted by molar-refractivity contribution is -0.117. The van der Waals surface area contributed by atoms with Crippen molar-refractivity contribution in [1.82, 2.24) is 10.6 Å². The van der Waals surface area contributed by atoms with Gasteiger partial charge >= 0.3 is 6.03 Å². The summed E-state index contributed by atoms with van der Waals surface area (Å²) >= 11 is 0. The van der Waals surface area contributed by atoms with Crippen molar-refractivity contribution >= 4 is 17.6 Å². The van der Waals surface area contributed by atoms with Crippen LogP contribution >= 0.6 is 0 Å². The number of rotatable bonds is 6. The van der Waals surface area contributed by atoms with Gasteiger partial charge in [0.15, 0.2) is 0 Å². The van der Waals surface area contributed by atoms with Gasteiger partial charge < -0.3 is 20.3 Å². The molecule has 6 heteroatoms. The molecule has 1 aliphatic rings. The fourth-order valence-corrected chi connectivity index (χ4v) is 3.24. The van der Waals surface area contributed by atoms with E-state index in [1.807, 2.05) is 55.5 Å². The van der Waals surface area contributed by atoms with E-state index in [1.165, 1.54) is 0 Å². The van der Waals surface area contributed by atoms with E-state index in [0.29, 0.717) is 25.9 Å². The number of nitrogens with one attached hydrogen (secondary N) is 2. The molecule has 2 N–H and O–H groups in total. The lowest BCUT2D eigenvalue weighted by Crippen LogP contribution is -2.43. The van der Waals surface area contributed by atoms with Crippen LogP contribution in [0.4, 0.5) is 10.5 Å². The average molecular weight is 367 g/mol. The van der Waals surface area contributed by atoms with E-state index in [-0.39, 0.29) is 18.0 Å². The van der Waals surface area contributed by atoms with Gasteiger partial charge in [0.1, 0.15) is 5.75 Å². The van der Waals surface area contributed by atoms with Crippen LogP contribution in [0.25, 0.3) is 0 Å². The summed E-state index contributed by atoms with van der Waals surface area (Å²) in [5, 5.41) is 5.74. The van der Waals surface area contributed by atoms with Crippen LogP contribution in [0.1, 0.15) is 17.5 Å². The number of benzene rings is 2. The number of ether oxygens (including phenoxy) is 1. The molecule has 0 saturated carbocycles. The van der Waals surface area contributed by atoms with Crippen molar-refractivity contribution in [2.45, 2.75) is 25.8 Å². The van der Waals surface area contributed by atoms with Crippen LogP contribution in [0.2, 0.25) is 0 Å². The van der Waals surface area contributed by atoms with Gasteiger partial charge in [-0.05, 0) is 37.1 Å². The van der Waals surface area contributed by atoms with Gasteiger partial charge in [0.05, 0.1) is 13.2 Å². The molecule has 0 aromatic heterocycles. The summed E-state index contributed by atoms with van der Waals surface area (Å²) in [5.41, 5.74) is 3.06. The van der Waals surface area contributed by atoms with Gasteiger partial charge in [0.25, 0.3) is 0 Å². The van der Waals surface area contributed by atoms with Crippen molar-refractivity contribution in [3.05, 3.63) is 59.7 Å². The monoisotopic (exact) mass is 367 g/mol. The number of urea groups is 1. The quantitative estimate of drug-likeness (QED) is 0.825. The van der Waals surface area contributed by atoms with Crippen molar-refractivity contribution < 1.29 is 14.3 Å². The third kappa shape index (κ3) is 4.78. The summed E-state index contributed by atoms with van der Waals surface area (Å²) in [6.45, 7) is 2.99. The summed E-state index contributed by atoms with van der Waals surface area (Å²) in [7, 11) is 1.63. The zero-order valence-electron chi connectivity index (χ0n) is 15.7. The molecule has 6 nitrogen and oxygen atoms in total. The first-order chi connectivity index (χ1) is 13.1. The normalized spacial score (nSPS) is 16.3. The molecule has 27 heavy (non-hydrogen) atoms. The average Bonchev–Trinajstić information content (AvgIpc) is 3.02. The Balaban J connectivity index is 1.47. The molecule has 0 radical (unpaired) electrons. The molecule has 3 amide bonds. The number of hydrogen-bond acceptors (Lipinski definition) is 3. The van der Waals surface area contributed by atoms with Crippen LogP contribution < -0.4 is 20.3 Å². The van der Waals surface area contributed by atoms with Gasteiger partial charge in [-0.15, -0.1) is 0 Å². The minimum atomic E-state index is -0.256. The molecule has 0 aliphatic carbocycles. The maximum absolute atomic E-state index is 12.3. The van der Waals surface area contributed by atoms with Crippen LogP contribution in [-0.2, 0) is 11.2 Å². The number of nitrogens with zero attached hydrogens (tertiary/aromatic N) is 1. The Morgan fingerprint density at radius 2 is 1.93 bits per heavy atom. The number of anilines is 1. The van der Waals surface area contributed by atoms with Gasteiger partial charge in [-0.2, -0.15) is 0 Å². The molecule has 0 spiro atoms. The first-order valence-corrected chi connectivity index (χ1v) is 9.10. The van der Waals surface area contributed by atoms with Gasteiger partial charge in [-0.1, -0.05) is 35.9 Å². The second-order valence-corrected chi connectivity index (χ2v) is 6.70. The van der Waals surface area contributed by atoms with Crippen molar-refractivity contribution in [1.29, 1.82) is 0 Å². The highest BCUT2D eigenvalue weighted by molar-refractivity contribution is 5.96. The summed E-state index contributed by atoms with van der Waals surface area (Å²) in [6.07, 6.45) is 0.990. The molecule has 1 fully saturated rings. The Bertz CT molecular complexity index is 805. The van der Waals surface area contributed by atoms with E-state index in [9.17, 15) is 9.59 Å². The molecule has 142 valence electrons. The van der Waals surface area contributed by atoms with Crippen LogP contribution in [0.3, 0.4) is 0 Å². The Morgan fingerprint density at radius 3 is 2.67 bits per heavy atom. The minimum Gasteiger partial charge on any atom is -0.496 e. The highest BCUT2D eigenvalue weighted by Gasteiger charge is 2.31. The third-order valence-electron chi connectivity index (χ3n) is 4.68. The number of amides is 3. The number of carbonyl (C=O) groups is 2. The molecular weight excluding hydrogens is 342 g/mol. The van der Waals surface area contributed by atoms with E-state index in [0.717, 1.165) is 22.6 Å². The second kappa shape index (κ2) is 8.58. The SMILES string of the molecule is COc1ccccc1CCNC(=O)N[C@@H]1CC(=O)N(c2ccc(C)cc2)C1. The van der Waals surface area contributed by atoms with Crippen LogP contribution in [-0.4, -0.2) is 38.2 Å². The standard InChI is InChI=1S/C21H25N3O3/c1-15-7-9-18(10-8-15)24-14-17(13-20(24)25)23-21(26)22-12-11-16-5-3-4-6-19(16)27-2/h3-10,17H,11-14H2,1-2H3,(H2,22,23,26)/t17-/m1/s1. The zero-order valence-corrected chi connectivity index (χ0v) is 15.7. The number of carbonyl (C=O) groups excluding carboxylic acids is 2. The third-order valence-corrected chi connectivity index (χ3v) is 4.68. The molecule has 0 bridgehead atoms. The summed E-state index contributed by atoms with van der Waals surface area (Å²) in [5.74, 6) is 0.841. The maximum Gasteiger partial charge on any atom is 0.315 e. The highest BCUT2D eigenvalue weighted by Crippen LogP contribution is 2.22. The Morgan fingerprint density at radius 1 is 1.19 bits per heavy atom. The molecule has 1 aliphatic heterocycles. The Hall–Kier alpha value is -3.02. The summed E-state index contributed by atoms with van der Waals surface area (Å²) in [4.78, 5) is 26.1.